The first-order chi connectivity index (χ1) is 66.7. The molecule has 0 amide bonds. The first-order valence-corrected chi connectivity index (χ1v) is 48.4. The van der Waals surface area contributed by atoms with Crippen LogP contribution in [0.1, 0.15) is 213 Å². The maximum atomic E-state index is 13.1. The molecule has 0 atom stereocenters. The number of aromatic nitrogens is 6. The van der Waals surface area contributed by atoms with E-state index < -0.39 is 5.78 Å². The van der Waals surface area contributed by atoms with Crippen LogP contribution in [0.3, 0.4) is 0 Å². The normalized spacial score (nSPS) is 15.7. The second kappa shape index (κ2) is 46.9. The largest absolute Gasteiger partial charge is 0.292 e. The molecule has 7 aliphatic heterocycles. The number of allylic oxidation sites excluding steroid dienone is 7. The number of Topliss-reactive ketones (excluding diaryl/α,β-unsaturated/α-hetero) is 7. The highest BCUT2D eigenvalue weighted by molar-refractivity contribution is 6.52. The molecule has 8 aromatic rings. The fraction of sp³-hybridized carbons (Fsp3) is 0.311. The van der Waals surface area contributed by atoms with Gasteiger partial charge < -0.3 is 0 Å². The van der Waals surface area contributed by atoms with Crippen LogP contribution < -0.4 is 27.5 Å². The number of dihydropyridines is 2. The number of carbonyl (C=O) groups is 8. The van der Waals surface area contributed by atoms with E-state index in [-0.39, 0.29) is 170 Å². The van der Waals surface area contributed by atoms with Gasteiger partial charge in [0.1, 0.15) is 47.3 Å². The molecule has 5 aromatic carbocycles. The maximum absolute atomic E-state index is 13.1. The van der Waals surface area contributed by atoms with E-state index >= 15 is 0 Å². The third-order valence-corrected chi connectivity index (χ3v) is 26.7. The molecule has 15 rings (SSSR count). The zero-order chi connectivity index (χ0) is 105. The molecule has 10 heterocycles. The Morgan fingerprint density at radius 3 is 0.873 bits per heavy atom. The molecule has 0 bridgehead atoms. The summed E-state index contributed by atoms with van der Waals surface area (Å²) in [5, 5.41) is 41.8. The zero-order valence-electron chi connectivity index (χ0n) is 80.8. The van der Waals surface area contributed by atoms with Crippen molar-refractivity contribution in [1.82, 2.24) is 55.2 Å². The van der Waals surface area contributed by atoms with Crippen molar-refractivity contribution in [1.29, 1.82) is 0 Å². The van der Waals surface area contributed by atoms with Crippen molar-refractivity contribution in [2.75, 3.05) is 34.2 Å². The van der Waals surface area contributed by atoms with Crippen molar-refractivity contribution in [3.8, 4) is 0 Å². The van der Waals surface area contributed by atoms with Gasteiger partial charge in [0.15, 0.2) is 40.5 Å². The number of nitrogens with one attached hydrogen (secondary N) is 2. The Kier molecular flexibility index (Phi) is 36.4. The minimum absolute atomic E-state index is 0.0456. The summed E-state index contributed by atoms with van der Waals surface area (Å²) in [5.74, 6) is -0.856. The molecule has 0 saturated carbocycles. The first kappa shape index (κ1) is 110. The monoisotopic (exact) mass is 2120 g/mol. The van der Waals surface area contributed by atoms with Crippen LogP contribution in [0.25, 0.3) is 0 Å². The van der Waals surface area contributed by atoms with E-state index in [2.05, 4.69) is 94.5 Å². The van der Waals surface area contributed by atoms with Gasteiger partial charge >= 0.3 is 0 Å². The summed E-state index contributed by atoms with van der Waals surface area (Å²) < 4.78 is 3.78. The molecule has 740 valence electrons. The number of nitrogens with zero attached hydrogens (tertiary/aromatic N) is 16. The first-order valence-electron chi connectivity index (χ1n) is 44.6. The van der Waals surface area contributed by atoms with E-state index in [0.29, 0.717) is 184 Å². The van der Waals surface area contributed by atoms with Crippen LogP contribution in [0.4, 0.5) is 0 Å². The minimum atomic E-state index is -0.517. The van der Waals surface area contributed by atoms with E-state index in [4.69, 9.17) is 116 Å². The van der Waals surface area contributed by atoms with Gasteiger partial charge in [-0.3, -0.25) is 88.6 Å². The molecule has 29 nitrogen and oxygen atoms in total. The lowest BCUT2D eigenvalue weighted by Gasteiger charge is -2.23. The summed E-state index contributed by atoms with van der Waals surface area (Å²) >= 11 is 64.6. The number of aliphatic imine (C=N–C) groups is 2. The number of ketones is 8. The van der Waals surface area contributed by atoms with Crippen molar-refractivity contribution in [3.05, 3.63) is 334 Å². The Labute approximate surface area is 870 Å². The van der Waals surface area contributed by atoms with Gasteiger partial charge in [-0.1, -0.05) is 218 Å². The van der Waals surface area contributed by atoms with E-state index in [9.17, 15) is 52.7 Å². The fourth-order valence-electron chi connectivity index (χ4n) is 15.4. The van der Waals surface area contributed by atoms with E-state index in [0.717, 1.165) is 27.3 Å². The van der Waals surface area contributed by atoms with Crippen molar-refractivity contribution < 1.29 is 38.4 Å². The molecule has 0 aliphatic carbocycles. The van der Waals surface area contributed by atoms with Crippen molar-refractivity contribution in [3.63, 3.8) is 0 Å². The predicted octanol–water partition coefficient (Wildman–Crippen LogP) is 19.3. The highest BCUT2D eigenvalue weighted by Gasteiger charge is 2.33. The lowest BCUT2D eigenvalue weighted by molar-refractivity contribution is -0.115. The van der Waals surface area contributed by atoms with Crippen LogP contribution in [-0.4, -0.2) is 165 Å². The van der Waals surface area contributed by atoms with Crippen LogP contribution in [0.2, 0.25) is 50.2 Å². The molecule has 39 heteroatoms. The Balaban J connectivity index is 0.000000170. The average molecular weight is 2120 g/mol. The van der Waals surface area contributed by atoms with Crippen LogP contribution in [0.5, 0.6) is 0 Å². The van der Waals surface area contributed by atoms with Gasteiger partial charge in [0.05, 0.1) is 59.1 Å². The number of hydrazone groups is 5. The van der Waals surface area contributed by atoms with E-state index in [1.54, 1.807) is 106 Å². The van der Waals surface area contributed by atoms with Gasteiger partial charge in [-0.25, -0.2) is 14.0 Å². The molecule has 0 saturated heterocycles. The van der Waals surface area contributed by atoms with Gasteiger partial charge in [0.25, 0.3) is 16.7 Å². The van der Waals surface area contributed by atoms with Crippen molar-refractivity contribution in [2.45, 2.75) is 145 Å². The third-order valence-electron chi connectivity index (χ3n) is 23.4. The summed E-state index contributed by atoms with van der Waals surface area (Å²) in [4.78, 5) is 144. The predicted molar refractivity (Wildman–Crippen MR) is 566 cm³/mol. The van der Waals surface area contributed by atoms with Gasteiger partial charge in [0.2, 0.25) is 5.78 Å². The summed E-state index contributed by atoms with van der Waals surface area (Å²) in [6.07, 6.45) is 6.10. The molecule has 3 aromatic heterocycles. The molecule has 142 heavy (non-hydrogen) atoms. The summed E-state index contributed by atoms with van der Waals surface area (Å²) in [6.45, 7) is 38.6. The second-order valence-corrected chi connectivity index (χ2v) is 40.0. The quantitative estimate of drug-likeness (QED) is 0.0669. The zero-order valence-corrected chi connectivity index (χ0v) is 88.3. The number of rotatable bonds is 20. The second-order valence-electron chi connectivity index (χ2n) is 35.9. The molecule has 2 N–H and O–H groups in total. The molecule has 7 aliphatic rings. The molecular formula is C103H102Cl10N18O11. The van der Waals surface area contributed by atoms with Gasteiger partial charge in [0, 0.05) is 204 Å². The lowest BCUT2D eigenvalue weighted by Crippen LogP contribution is -2.29. The van der Waals surface area contributed by atoms with Crippen LogP contribution in [0, 0.1) is 11.8 Å². The number of benzene rings is 5. The van der Waals surface area contributed by atoms with Gasteiger partial charge in [-0.05, 0) is 143 Å². The van der Waals surface area contributed by atoms with Crippen LogP contribution in [0.15, 0.2) is 213 Å². The smallest absolute Gasteiger partial charge is 0.269 e. The molecule has 0 fully saturated rings. The Morgan fingerprint density at radius 1 is 0.331 bits per heavy atom. The Hall–Kier alpha value is -12.1. The standard InChI is InChI=1S/C21H20Cl2N4O3.C21H22Cl2N4O2.C21H21Cl2N3O2.C20H20Cl2N4O2.C20H19Cl2N3O2/c1-10(2)13-9-16(24-27(5)21(13)30)20(29)18-14(22)7-12(8-15(18)23)19-17(28)6-11(3)26(4)25-19;1-11(2)15-9-14(24-27(5)21(15)29)10-16-17(22)7-13(8-18(16)23)20-19(28)6-12(3)26(4)25-20;1-11(2)15-8-14(24-10-20(15)28)9-16-17(22)6-13(7-18(16)23)21-19(27)5-12(3)26(4)25-21;1-10(2)14-8-13(25-26(4)20(14)28)9-15-16(21)6-12(7-17(15)22)19-18(27)5-11(3)23-24-19;1-10(2)14-7-13(23-9-19(14)27)8-15-16(21)5-12(6-17(15)22)20-18(26)4-11(3)24-25-20/h7-10H,3,6H2,1-2,4-5H3;7-9,11H,3,6,10H2,1-2,4-5H3;6-8,11H,3,5,9-10H2,1-2,4H3;6-8,10,23H,3,5,9H2,1-2,4H3;5-7,10,24H,3-4,8-9H2,1-2H3. The Morgan fingerprint density at radius 2 is 0.592 bits per heavy atom. The number of carbonyl (C=O) groups excluding carboxylic acids is 8. The van der Waals surface area contributed by atoms with Crippen LogP contribution >= 0.6 is 116 Å². The summed E-state index contributed by atoms with van der Waals surface area (Å²) in [5.41, 5.74) is 21.0. The highest BCUT2D eigenvalue weighted by Crippen LogP contribution is 2.38. The maximum Gasteiger partial charge on any atom is 0.269 e. The van der Waals surface area contributed by atoms with E-state index in [1.165, 1.54) is 39.6 Å². The van der Waals surface area contributed by atoms with Crippen molar-refractivity contribution in [2.24, 2.45) is 68.5 Å². The topological polar surface area (TPSA) is 362 Å². The van der Waals surface area contributed by atoms with E-state index in [1.807, 2.05) is 81.4 Å². The highest BCUT2D eigenvalue weighted by atomic mass is 35.5. The number of hydrogen-bond donors (Lipinski definition) is 2. The fourth-order valence-corrected chi connectivity index (χ4v) is 18.5. The molecule has 0 unspecified atom stereocenters. The van der Waals surface area contributed by atoms with Gasteiger partial charge in [-0.2, -0.15) is 40.8 Å². The average Bonchev–Trinajstić information content (AvgIpc) is 0.775. The van der Waals surface area contributed by atoms with Crippen LogP contribution in [-0.2, 0) is 80.4 Å². The Bertz CT molecular complexity index is 7110. The lowest BCUT2D eigenvalue weighted by atomic mass is 9.93. The molecular weight excluding hydrogens is 2020 g/mol. The molecule has 0 spiro atoms. The summed E-state index contributed by atoms with van der Waals surface area (Å²) in [6, 6.07) is 21.5. The van der Waals surface area contributed by atoms with Crippen molar-refractivity contribution >= 4 is 202 Å². The number of aryl methyl sites for hydroxylation is 3. The van der Waals surface area contributed by atoms with Gasteiger partial charge in [-0.15, -0.1) is 0 Å². The third kappa shape index (κ3) is 26.3. The summed E-state index contributed by atoms with van der Waals surface area (Å²) in [7, 11) is 9.90. The number of hydrogen-bond acceptors (Lipinski definition) is 26. The molecule has 0 radical (unpaired) electrons. The number of halogens is 10. The minimum Gasteiger partial charge on any atom is -0.292 e. The SMILES string of the molecule is C=C1CC(=O)C(c2cc(Cl)c(C(=O)c3cc(C(C)C)c(=O)n(C)n3)c(Cl)c2)=NN1C.C=C1CC(=O)C(c2cc(Cl)c(CC3=NCC(=O)C(C(C)C)=C3)c(Cl)c2)=NN1.C=C1CC(=O)C(c2cc(Cl)c(CC3=NCC(=O)C(C(C)C)=C3)c(Cl)c2)=NN1C.C=C1CC(=O)C(c2cc(Cl)c(Cc3cc(C(C)C)c(=O)n(C)n3)c(Cl)c2)=NN1.C=C1CC(=O)C(c2cc(Cl)c(Cc3cc(C(C)C)c(=O)n(C)n3)c(Cl)c2)=NN1C.